The van der Waals surface area contributed by atoms with E-state index in [0.717, 1.165) is 12.0 Å². The van der Waals surface area contributed by atoms with E-state index in [0.29, 0.717) is 13.0 Å². The fourth-order valence-electron chi connectivity index (χ4n) is 1.77. The van der Waals surface area contributed by atoms with E-state index in [-0.39, 0.29) is 22.2 Å². The van der Waals surface area contributed by atoms with Crippen molar-refractivity contribution in [1.29, 1.82) is 0 Å². The summed E-state index contributed by atoms with van der Waals surface area (Å²) in [4.78, 5) is 0. The van der Waals surface area contributed by atoms with Crippen LogP contribution in [0.2, 0.25) is 0 Å². The third-order valence-electron chi connectivity index (χ3n) is 2.72. The van der Waals surface area contributed by atoms with Crippen molar-refractivity contribution >= 4 is 16.9 Å². The molecule has 1 rings (SSSR count). The molecule has 0 spiro atoms. The van der Waals surface area contributed by atoms with E-state index < -0.39 is 14.1 Å². The summed E-state index contributed by atoms with van der Waals surface area (Å²) in [5.41, 5.74) is 1.15. The van der Waals surface area contributed by atoms with Gasteiger partial charge in [0.15, 0.2) is 15.3 Å². The van der Waals surface area contributed by atoms with Gasteiger partial charge in [-0.1, -0.05) is 30.3 Å². The molecule has 2 unspecified atom stereocenters. The molecule has 0 aliphatic carbocycles. The molecule has 1 aromatic rings. The monoisotopic (exact) mass is 364 g/mol. The van der Waals surface area contributed by atoms with Crippen molar-refractivity contribution in [2.45, 2.75) is 39.9 Å². The number of phosphoric acid groups is 1. The van der Waals surface area contributed by atoms with E-state index in [4.69, 9.17) is 22.6 Å². The minimum atomic E-state index is -3.62. The van der Waals surface area contributed by atoms with Crippen molar-refractivity contribution in [3.8, 4) is 0 Å². The molecule has 2 atom stereocenters. The molecule has 0 N–H and O–H groups in total. The Labute approximate surface area is 140 Å². The molecule has 0 saturated carbocycles. The van der Waals surface area contributed by atoms with E-state index in [1.807, 2.05) is 37.3 Å². The molecule has 132 valence electrons. The number of phosphoric ester groups is 1. The average Bonchev–Trinajstić information content (AvgIpc) is 2.54. The molecule has 0 saturated heterocycles. The van der Waals surface area contributed by atoms with Crippen LogP contribution in [0.1, 0.15) is 32.8 Å². The van der Waals surface area contributed by atoms with Crippen molar-refractivity contribution < 1.29 is 27.2 Å². The predicted octanol–water partition coefficient (Wildman–Crippen LogP) is 4.70. The maximum Gasteiger partial charge on any atom is 0.477 e. The zero-order valence-electron chi connectivity index (χ0n) is 13.9. The lowest BCUT2D eigenvalue weighted by atomic mass is 10.1. The SMILES string of the molecule is CCOPOC(CCc1ccccc1)OP(=O)(OCC)OCC. The van der Waals surface area contributed by atoms with Gasteiger partial charge in [0.1, 0.15) is 0 Å². The Balaban J connectivity index is 2.64. The van der Waals surface area contributed by atoms with Gasteiger partial charge in [-0.2, -0.15) is 0 Å². The summed E-state index contributed by atoms with van der Waals surface area (Å²) < 4.78 is 39.0. The van der Waals surface area contributed by atoms with Gasteiger partial charge in [-0.05, 0) is 32.8 Å². The molecular weight excluding hydrogens is 338 g/mol. The second kappa shape index (κ2) is 12.1. The number of hydrogen-bond acceptors (Lipinski definition) is 6. The van der Waals surface area contributed by atoms with Gasteiger partial charge in [0.05, 0.1) is 19.8 Å². The summed E-state index contributed by atoms with van der Waals surface area (Å²) in [5.74, 6) is 0. The molecule has 0 bridgehead atoms. The predicted molar refractivity (Wildman–Crippen MR) is 91.5 cm³/mol. The Bertz CT molecular complexity index is 447. The minimum absolute atomic E-state index is 0.187. The first-order chi connectivity index (χ1) is 11.1. The van der Waals surface area contributed by atoms with Crippen LogP contribution in [0, 0.1) is 0 Å². The Morgan fingerprint density at radius 2 is 1.70 bits per heavy atom. The molecule has 0 amide bonds. The van der Waals surface area contributed by atoms with Gasteiger partial charge < -0.3 is 9.05 Å². The van der Waals surface area contributed by atoms with Crippen LogP contribution in [0.4, 0.5) is 0 Å². The Morgan fingerprint density at radius 3 is 2.26 bits per heavy atom. The molecule has 6 nitrogen and oxygen atoms in total. The number of hydrogen-bond donors (Lipinski definition) is 0. The highest BCUT2D eigenvalue weighted by molar-refractivity contribution is 7.48. The van der Waals surface area contributed by atoms with Crippen molar-refractivity contribution in [3.63, 3.8) is 0 Å². The summed E-state index contributed by atoms with van der Waals surface area (Å²) in [6, 6.07) is 9.94. The number of rotatable bonds is 13. The van der Waals surface area contributed by atoms with Gasteiger partial charge in [0, 0.05) is 6.42 Å². The molecule has 0 radical (unpaired) electrons. The van der Waals surface area contributed by atoms with Crippen LogP contribution in [0.3, 0.4) is 0 Å². The van der Waals surface area contributed by atoms with Crippen LogP contribution in [-0.2, 0) is 33.6 Å². The van der Waals surface area contributed by atoms with Crippen LogP contribution in [0.25, 0.3) is 0 Å². The summed E-state index contributed by atoms with van der Waals surface area (Å²) >= 11 is 0. The van der Waals surface area contributed by atoms with Crippen molar-refractivity contribution in [3.05, 3.63) is 35.9 Å². The largest absolute Gasteiger partial charge is 0.477 e. The van der Waals surface area contributed by atoms with Gasteiger partial charge >= 0.3 is 7.82 Å². The third kappa shape index (κ3) is 8.92. The Hall–Kier alpha value is -0.320. The smallest absolute Gasteiger partial charge is 0.337 e. The highest BCUT2D eigenvalue weighted by Gasteiger charge is 2.30. The first kappa shape index (κ1) is 20.7. The minimum Gasteiger partial charge on any atom is -0.337 e. The molecule has 0 fully saturated rings. The van der Waals surface area contributed by atoms with Gasteiger partial charge in [0.2, 0.25) is 0 Å². The molecule has 8 heteroatoms. The first-order valence-electron chi connectivity index (χ1n) is 7.77. The van der Waals surface area contributed by atoms with Crippen molar-refractivity contribution in [2.75, 3.05) is 19.8 Å². The quantitative estimate of drug-likeness (QED) is 0.287. The van der Waals surface area contributed by atoms with E-state index in [1.165, 1.54) is 0 Å². The van der Waals surface area contributed by atoms with Crippen LogP contribution in [0.15, 0.2) is 30.3 Å². The first-order valence-corrected chi connectivity index (χ1v) is 10.0. The van der Waals surface area contributed by atoms with E-state index in [2.05, 4.69) is 0 Å². The topological polar surface area (TPSA) is 63.2 Å². The second-order valence-corrected chi connectivity index (χ2v) is 6.79. The zero-order chi connectivity index (χ0) is 17.0. The molecule has 0 heterocycles. The fourth-order valence-corrected chi connectivity index (χ4v) is 3.57. The lowest BCUT2D eigenvalue weighted by molar-refractivity contribution is -0.0306. The number of benzene rings is 1. The van der Waals surface area contributed by atoms with Crippen molar-refractivity contribution in [1.82, 2.24) is 0 Å². The van der Waals surface area contributed by atoms with Gasteiger partial charge in [-0.3, -0.25) is 13.6 Å². The highest BCUT2D eigenvalue weighted by Crippen LogP contribution is 2.51. The molecule has 0 aromatic heterocycles. The number of aryl methyl sites for hydroxylation is 1. The Morgan fingerprint density at radius 1 is 1.04 bits per heavy atom. The normalized spacial score (nSPS) is 13.7. The second-order valence-electron chi connectivity index (χ2n) is 4.48. The Kier molecular flexibility index (Phi) is 10.9. The fraction of sp³-hybridized carbons (Fsp3) is 0.600. The molecule has 23 heavy (non-hydrogen) atoms. The average molecular weight is 364 g/mol. The molecule has 1 aromatic carbocycles. The zero-order valence-corrected chi connectivity index (χ0v) is 15.8. The van der Waals surface area contributed by atoms with E-state index in [1.54, 1.807) is 13.8 Å². The summed E-state index contributed by atoms with van der Waals surface area (Å²) in [7, 11) is -3.81. The lowest BCUT2D eigenvalue weighted by Crippen LogP contribution is -2.16. The molecule has 0 aliphatic rings. The lowest BCUT2D eigenvalue weighted by Gasteiger charge is -2.23. The maximum absolute atomic E-state index is 12.5. The third-order valence-corrected chi connectivity index (χ3v) is 5.12. The molecule has 0 aliphatic heterocycles. The summed E-state index contributed by atoms with van der Waals surface area (Å²) in [6.07, 6.45) is 0.526. The van der Waals surface area contributed by atoms with Gasteiger partial charge in [0.25, 0.3) is 0 Å². The van der Waals surface area contributed by atoms with Gasteiger partial charge in [-0.15, -0.1) is 0 Å². The van der Waals surface area contributed by atoms with Gasteiger partial charge in [-0.25, -0.2) is 4.57 Å². The van der Waals surface area contributed by atoms with Crippen LogP contribution < -0.4 is 0 Å². The van der Waals surface area contributed by atoms with Crippen molar-refractivity contribution in [2.24, 2.45) is 0 Å². The molecular formula is C15H26O6P2. The highest BCUT2D eigenvalue weighted by atomic mass is 31.2. The standard InChI is InChI=1S/C15H26O6P2/c1-4-17-22-20-15(13-12-14-10-8-7-9-11-14)21-23(16,18-5-2)19-6-3/h7-11,15,22H,4-6,12-13H2,1-3H3. The van der Waals surface area contributed by atoms with Crippen LogP contribution >= 0.6 is 16.9 Å². The van der Waals surface area contributed by atoms with Crippen LogP contribution in [-0.4, -0.2) is 26.1 Å². The van der Waals surface area contributed by atoms with Crippen LogP contribution in [0.5, 0.6) is 0 Å². The maximum atomic E-state index is 12.5. The summed E-state index contributed by atoms with van der Waals surface area (Å²) in [6.45, 7) is 6.35. The van der Waals surface area contributed by atoms with E-state index >= 15 is 0 Å². The van der Waals surface area contributed by atoms with E-state index in [9.17, 15) is 4.57 Å². The summed E-state index contributed by atoms with van der Waals surface area (Å²) in [5, 5.41) is 0.